The van der Waals surface area contributed by atoms with Crippen molar-refractivity contribution in [2.24, 2.45) is 0 Å². The number of nitrogens with zero attached hydrogens (tertiary/aromatic N) is 1. The number of benzene rings is 1. The zero-order valence-electron chi connectivity index (χ0n) is 7.28. The highest BCUT2D eigenvalue weighted by Crippen LogP contribution is 2.19. The van der Waals surface area contributed by atoms with E-state index < -0.39 is 11.8 Å². The van der Waals surface area contributed by atoms with Gasteiger partial charge >= 0.3 is 5.97 Å². The molecular weight excluding hydrogens is 189 g/mol. The molecule has 0 aliphatic rings. The Morgan fingerprint density at radius 2 is 2.36 bits per heavy atom. The van der Waals surface area contributed by atoms with Crippen LogP contribution in [-0.2, 0) is 4.74 Å². The van der Waals surface area contributed by atoms with Crippen molar-refractivity contribution in [1.82, 2.24) is 5.16 Å². The van der Waals surface area contributed by atoms with Crippen LogP contribution in [0.25, 0.3) is 11.0 Å². The number of carbonyl (C=O) groups is 1. The number of aromatic nitrogens is 1. The SMILES string of the molecule is COC(=O)c1noc2cc(F)ccc12. The summed E-state index contributed by atoms with van der Waals surface area (Å²) < 4.78 is 22.0. The highest BCUT2D eigenvalue weighted by atomic mass is 19.1. The summed E-state index contributed by atoms with van der Waals surface area (Å²) in [5.41, 5.74) is 0.285. The van der Waals surface area contributed by atoms with Gasteiger partial charge in [-0.3, -0.25) is 0 Å². The minimum atomic E-state index is -0.602. The first-order valence-electron chi connectivity index (χ1n) is 3.85. The first-order valence-corrected chi connectivity index (χ1v) is 3.85. The smallest absolute Gasteiger partial charge is 0.360 e. The number of fused-ring (bicyclic) bond motifs is 1. The lowest BCUT2D eigenvalue weighted by molar-refractivity contribution is 0.0591. The van der Waals surface area contributed by atoms with E-state index in [4.69, 9.17) is 4.52 Å². The van der Waals surface area contributed by atoms with E-state index in [9.17, 15) is 9.18 Å². The van der Waals surface area contributed by atoms with Crippen LogP contribution in [0, 0.1) is 5.82 Å². The number of halogens is 1. The Morgan fingerprint density at radius 1 is 1.57 bits per heavy atom. The van der Waals surface area contributed by atoms with Crippen molar-refractivity contribution in [3.63, 3.8) is 0 Å². The van der Waals surface area contributed by atoms with Gasteiger partial charge in [0.15, 0.2) is 11.3 Å². The maximum atomic E-state index is 12.7. The summed E-state index contributed by atoms with van der Waals surface area (Å²) in [5.74, 6) is -1.04. The van der Waals surface area contributed by atoms with E-state index in [-0.39, 0.29) is 11.3 Å². The first kappa shape index (κ1) is 8.68. The van der Waals surface area contributed by atoms with Crippen molar-refractivity contribution in [3.05, 3.63) is 29.7 Å². The van der Waals surface area contributed by atoms with Crippen molar-refractivity contribution in [1.29, 1.82) is 0 Å². The average Bonchev–Trinajstić information content (AvgIpc) is 2.59. The van der Waals surface area contributed by atoms with Gasteiger partial charge in [-0.2, -0.15) is 0 Å². The zero-order valence-corrected chi connectivity index (χ0v) is 7.28. The maximum Gasteiger partial charge on any atom is 0.360 e. The third kappa shape index (κ3) is 1.22. The summed E-state index contributed by atoms with van der Waals surface area (Å²) in [6.07, 6.45) is 0. The summed E-state index contributed by atoms with van der Waals surface area (Å²) in [6.45, 7) is 0. The summed E-state index contributed by atoms with van der Waals surface area (Å²) in [7, 11) is 1.24. The highest BCUT2D eigenvalue weighted by molar-refractivity contribution is 6.00. The molecule has 0 fully saturated rings. The zero-order chi connectivity index (χ0) is 10.1. The molecule has 0 aliphatic heterocycles. The van der Waals surface area contributed by atoms with Gasteiger partial charge in [-0.25, -0.2) is 9.18 Å². The van der Waals surface area contributed by atoms with E-state index in [1.54, 1.807) is 0 Å². The van der Waals surface area contributed by atoms with Crippen molar-refractivity contribution >= 4 is 16.9 Å². The van der Waals surface area contributed by atoms with Gasteiger partial charge in [0.25, 0.3) is 0 Å². The van der Waals surface area contributed by atoms with E-state index >= 15 is 0 Å². The summed E-state index contributed by atoms with van der Waals surface area (Å²) in [6, 6.07) is 3.81. The molecule has 0 saturated carbocycles. The van der Waals surface area contributed by atoms with Crippen LogP contribution in [0.1, 0.15) is 10.5 Å². The Kier molecular flexibility index (Phi) is 1.92. The third-order valence-electron chi connectivity index (χ3n) is 1.81. The Labute approximate surface area is 78.2 Å². The number of hydrogen-bond acceptors (Lipinski definition) is 4. The predicted octanol–water partition coefficient (Wildman–Crippen LogP) is 1.75. The average molecular weight is 195 g/mol. The van der Waals surface area contributed by atoms with Crippen molar-refractivity contribution < 1.29 is 18.4 Å². The predicted molar refractivity (Wildman–Crippen MR) is 45.3 cm³/mol. The van der Waals surface area contributed by atoms with Gasteiger partial charge < -0.3 is 9.26 Å². The van der Waals surface area contributed by atoms with E-state index in [0.29, 0.717) is 5.39 Å². The molecule has 2 rings (SSSR count). The van der Waals surface area contributed by atoms with Crippen LogP contribution in [0.15, 0.2) is 22.7 Å². The molecular formula is C9H6FNO3. The van der Waals surface area contributed by atoms with Crippen LogP contribution in [0.3, 0.4) is 0 Å². The monoisotopic (exact) mass is 195 g/mol. The lowest BCUT2D eigenvalue weighted by Crippen LogP contribution is -2.01. The van der Waals surface area contributed by atoms with Crippen molar-refractivity contribution in [2.45, 2.75) is 0 Å². The number of esters is 1. The molecule has 1 aromatic heterocycles. The van der Waals surface area contributed by atoms with Crippen molar-refractivity contribution in [3.8, 4) is 0 Å². The molecule has 72 valence electrons. The Bertz CT molecular complexity index is 492. The molecule has 5 heteroatoms. The molecule has 14 heavy (non-hydrogen) atoms. The van der Waals surface area contributed by atoms with Gasteiger partial charge in [0, 0.05) is 6.07 Å². The molecule has 0 aliphatic carbocycles. The molecule has 0 radical (unpaired) electrons. The highest BCUT2D eigenvalue weighted by Gasteiger charge is 2.16. The van der Waals surface area contributed by atoms with Gasteiger partial charge in [-0.1, -0.05) is 5.16 Å². The van der Waals surface area contributed by atoms with Gasteiger partial charge in [-0.15, -0.1) is 0 Å². The van der Waals surface area contributed by atoms with Gasteiger partial charge in [-0.05, 0) is 12.1 Å². The minimum absolute atomic E-state index is 0.0579. The van der Waals surface area contributed by atoms with Gasteiger partial charge in [0.2, 0.25) is 0 Å². The summed E-state index contributed by atoms with van der Waals surface area (Å²) in [5, 5.41) is 3.93. The van der Waals surface area contributed by atoms with Gasteiger partial charge in [0.05, 0.1) is 12.5 Å². The summed E-state index contributed by atoms with van der Waals surface area (Å²) >= 11 is 0. The van der Waals surface area contributed by atoms with Gasteiger partial charge in [0.1, 0.15) is 5.82 Å². The van der Waals surface area contributed by atoms with Crippen LogP contribution < -0.4 is 0 Å². The lowest BCUT2D eigenvalue weighted by Gasteiger charge is -1.92. The van der Waals surface area contributed by atoms with Crippen LogP contribution in [-0.4, -0.2) is 18.2 Å². The standard InChI is InChI=1S/C9H6FNO3/c1-13-9(12)8-6-3-2-5(10)4-7(6)14-11-8/h2-4H,1H3. The quantitative estimate of drug-likeness (QED) is 0.650. The fraction of sp³-hybridized carbons (Fsp3) is 0.111. The van der Waals surface area contributed by atoms with E-state index in [2.05, 4.69) is 9.89 Å². The largest absolute Gasteiger partial charge is 0.464 e. The number of hydrogen-bond donors (Lipinski definition) is 0. The molecule has 1 heterocycles. The Morgan fingerprint density at radius 3 is 3.07 bits per heavy atom. The fourth-order valence-corrected chi connectivity index (χ4v) is 1.16. The normalized spacial score (nSPS) is 10.4. The molecule has 0 unspecified atom stereocenters. The molecule has 2 aromatic rings. The summed E-state index contributed by atoms with van der Waals surface area (Å²) in [4.78, 5) is 11.1. The molecule has 1 aromatic carbocycles. The molecule has 0 saturated heterocycles. The fourth-order valence-electron chi connectivity index (χ4n) is 1.16. The topological polar surface area (TPSA) is 52.3 Å². The minimum Gasteiger partial charge on any atom is -0.464 e. The van der Waals surface area contributed by atoms with E-state index in [1.807, 2.05) is 0 Å². The molecule has 0 atom stereocenters. The van der Waals surface area contributed by atoms with Crippen LogP contribution in [0.2, 0.25) is 0 Å². The Balaban J connectivity index is 2.64. The number of rotatable bonds is 1. The number of methoxy groups -OCH3 is 1. The third-order valence-corrected chi connectivity index (χ3v) is 1.81. The lowest BCUT2D eigenvalue weighted by atomic mass is 10.2. The van der Waals surface area contributed by atoms with E-state index in [0.717, 1.165) is 6.07 Å². The molecule has 0 N–H and O–H groups in total. The second-order valence-electron chi connectivity index (χ2n) is 2.66. The maximum absolute atomic E-state index is 12.7. The van der Waals surface area contributed by atoms with Crippen LogP contribution in [0.5, 0.6) is 0 Å². The Hall–Kier alpha value is -1.91. The molecule has 0 spiro atoms. The number of ether oxygens (including phenoxy) is 1. The van der Waals surface area contributed by atoms with Crippen LogP contribution in [0.4, 0.5) is 4.39 Å². The van der Waals surface area contributed by atoms with Crippen molar-refractivity contribution in [2.75, 3.05) is 7.11 Å². The van der Waals surface area contributed by atoms with E-state index in [1.165, 1.54) is 19.2 Å². The molecule has 0 amide bonds. The van der Waals surface area contributed by atoms with Crippen LogP contribution >= 0.6 is 0 Å². The first-order chi connectivity index (χ1) is 6.72. The number of carbonyl (C=O) groups excluding carboxylic acids is 1. The molecule has 4 nitrogen and oxygen atoms in total. The second kappa shape index (κ2) is 3.10. The molecule has 0 bridgehead atoms. The second-order valence-corrected chi connectivity index (χ2v) is 2.66.